The summed E-state index contributed by atoms with van der Waals surface area (Å²) in [6, 6.07) is 14.3. The third kappa shape index (κ3) is 3.69. The van der Waals surface area contributed by atoms with E-state index in [1.54, 1.807) is 12.1 Å². The molecule has 1 N–H and O–H groups in total. The van der Waals surface area contributed by atoms with Crippen LogP contribution in [0, 0.1) is 13.8 Å². The van der Waals surface area contributed by atoms with E-state index in [1.165, 1.54) is 17.4 Å². The Morgan fingerprint density at radius 2 is 1.62 bits per heavy atom. The van der Waals surface area contributed by atoms with Gasteiger partial charge in [-0.1, -0.05) is 35.3 Å². The number of anilines is 2. The highest BCUT2D eigenvalue weighted by Crippen LogP contribution is 2.37. The van der Waals surface area contributed by atoms with Crippen molar-refractivity contribution in [3.05, 3.63) is 85.7 Å². The van der Waals surface area contributed by atoms with E-state index in [0.29, 0.717) is 16.3 Å². The fourth-order valence-electron chi connectivity index (χ4n) is 3.34. The molecule has 0 bridgehead atoms. The van der Waals surface area contributed by atoms with Crippen molar-refractivity contribution in [1.82, 2.24) is 0 Å². The van der Waals surface area contributed by atoms with Gasteiger partial charge in [0.05, 0.1) is 21.3 Å². The minimum absolute atomic E-state index is 0.244. The second-order valence-electron chi connectivity index (χ2n) is 6.77. The van der Waals surface area contributed by atoms with Gasteiger partial charge in [0.2, 0.25) is 0 Å². The van der Waals surface area contributed by atoms with Gasteiger partial charge in [-0.3, -0.25) is 9.59 Å². The first-order chi connectivity index (χ1) is 13.8. The van der Waals surface area contributed by atoms with Crippen molar-refractivity contribution in [3.8, 4) is 0 Å². The van der Waals surface area contributed by atoms with Crippen LogP contribution in [0.15, 0.2) is 59.6 Å². The fraction of sp³-hybridized carbons (Fsp3) is 0.0909. The second kappa shape index (κ2) is 7.67. The molecule has 2 aromatic carbocycles. The van der Waals surface area contributed by atoms with Gasteiger partial charge < -0.3 is 5.32 Å². The molecule has 2 amide bonds. The Hall–Kier alpha value is -2.60. The smallest absolute Gasteiger partial charge is 0.282 e. The Morgan fingerprint density at radius 1 is 0.897 bits per heavy atom. The van der Waals surface area contributed by atoms with Crippen molar-refractivity contribution in [2.45, 2.75) is 13.8 Å². The summed E-state index contributed by atoms with van der Waals surface area (Å²) in [5, 5.41) is 5.69. The number of amides is 2. The molecule has 0 radical (unpaired) electrons. The SMILES string of the molecule is Cc1cc(C)cc(NC2=C(c3cccs3)C(=O)N(c3ccc(Cl)c(Cl)c3)C2=O)c1. The summed E-state index contributed by atoms with van der Waals surface area (Å²) in [5.74, 6) is -0.835. The molecular formula is C22H16Cl2N2O2S. The van der Waals surface area contributed by atoms with Gasteiger partial charge in [-0.05, 0) is 66.8 Å². The van der Waals surface area contributed by atoms with Crippen molar-refractivity contribution < 1.29 is 9.59 Å². The number of aryl methyl sites for hydroxylation is 2. The van der Waals surface area contributed by atoms with Crippen LogP contribution in [0.25, 0.3) is 5.57 Å². The van der Waals surface area contributed by atoms with Crippen molar-refractivity contribution >= 4 is 63.3 Å². The van der Waals surface area contributed by atoms with E-state index < -0.39 is 11.8 Å². The fourth-order valence-corrected chi connectivity index (χ4v) is 4.41. The Kier molecular flexibility index (Phi) is 5.21. The molecule has 29 heavy (non-hydrogen) atoms. The highest BCUT2D eigenvalue weighted by atomic mass is 35.5. The van der Waals surface area contributed by atoms with Crippen molar-refractivity contribution in [1.29, 1.82) is 0 Å². The number of benzene rings is 2. The monoisotopic (exact) mass is 442 g/mol. The molecule has 1 aromatic heterocycles. The molecule has 1 aliphatic rings. The Bertz CT molecular complexity index is 1150. The molecule has 4 rings (SSSR count). The quantitative estimate of drug-likeness (QED) is 0.498. The molecule has 0 aliphatic carbocycles. The minimum atomic E-state index is -0.434. The number of nitrogens with one attached hydrogen (secondary N) is 1. The number of rotatable bonds is 4. The first kappa shape index (κ1) is 19.7. The van der Waals surface area contributed by atoms with Crippen LogP contribution in [0.4, 0.5) is 11.4 Å². The third-order valence-corrected chi connectivity index (χ3v) is 6.13. The Balaban J connectivity index is 1.81. The number of carbonyl (C=O) groups excluding carboxylic acids is 2. The third-order valence-electron chi connectivity index (χ3n) is 4.50. The van der Waals surface area contributed by atoms with Crippen LogP contribution in [0.1, 0.15) is 16.0 Å². The van der Waals surface area contributed by atoms with E-state index in [2.05, 4.69) is 5.32 Å². The molecule has 0 saturated heterocycles. The number of imide groups is 1. The van der Waals surface area contributed by atoms with Crippen LogP contribution in [0.3, 0.4) is 0 Å². The van der Waals surface area contributed by atoms with Gasteiger partial charge in [-0.15, -0.1) is 11.3 Å². The maximum absolute atomic E-state index is 13.3. The maximum atomic E-state index is 13.3. The van der Waals surface area contributed by atoms with Gasteiger partial charge in [0.1, 0.15) is 5.70 Å². The Morgan fingerprint density at radius 3 is 2.24 bits per heavy atom. The van der Waals surface area contributed by atoms with Crippen LogP contribution in [0.5, 0.6) is 0 Å². The lowest BCUT2D eigenvalue weighted by Crippen LogP contribution is -2.32. The zero-order valence-electron chi connectivity index (χ0n) is 15.6. The van der Waals surface area contributed by atoms with E-state index >= 15 is 0 Å². The maximum Gasteiger partial charge on any atom is 0.282 e. The van der Waals surface area contributed by atoms with E-state index in [1.807, 2.05) is 49.6 Å². The normalized spacial score (nSPS) is 14.1. The van der Waals surface area contributed by atoms with Gasteiger partial charge >= 0.3 is 0 Å². The second-order valence-corrected chi connectivity index (χ2v) is 8.53. The molecule has 1 aliphatic heterocycles. The lowest BCUT2D eigenvalue weighted by Gasteiger charge is -2.16. The molecule has 0 fully saturated rings. The number of carbonyl (C=O) groups is 2. The summed E-state index contributed by atoms with van der Waals surface area (Å²) >= 11 is 13.5. The summed E-state index contributed by atoms with van der Waals surface area (Å²) in [6.07, 6.45) is 0. The average molecular weight is 443 g/mol. The number of nitrogens with zero attached hydrogens (tertiary/aromatic N) is 1. The molecular weight excluding hydrogens is 427 g/mol. The Labute approximate surface area is 182 Å². The zero-order valence-corrected chi connectivity index (χ0v) is 18.0. The topological polar surface area (TPSA) is 49.4 Å². The highest BCUT2D eigenvalue weighted by Gasteiger charge is 2.40. The first-order valence-corrected chi connectivity index (χ1v) is 10.5. The van der Waals surface area contributed by atoms with Crippen molar-refractivity contribution in [2.24, 2.45) is 0 Å². The largest absolute Gasteiger partial charge is 0.350 e. The van der Waals surface area contributed by atoms with Gasteiger partial charge in [-0.25, -0.2) is 4.90 Å². The number of halogens is 2. The van der Waals surface area contributed by atoms with Crippen LogP contribution in [0.2, 0.25) is 10.0 Å². The average Bonchev–Trinajstić information content (AvgIpc) is 3.24. The molecule has 3 aromatic rings. The molecule has 7 heteroatoms. The number of hydrogen-bond donors (Lipinski definition) is 1. The molecule has 146 valence electrons. The van der Waals surface area contributed by atoms with Crippen molar-refractivity contribution in [2.75, 3.05) is 10.2 Å². The van der Waals surface area contributed by atoms with Gasteiger partial charge in [-0.2, -0.15) is 0 Å². The van der Waals surface area contributed by atoms with Crippen molar-refractivity contribution in [3.63, 3.8) is 0 Å². The molecule has 4 nitrogen and oxygen atoms in total. The van der Waals surface area contributed by atoms with Crippen LogP contribution in [-0.4, -0.2) is 11.8 Å². The van der Waals surface area contributed by atoms with Crippen LogP contribution >= 0.6 is 34.5 Å². The van der Waals surface area contributed by atoms with E-state index in [-0.39, 0.29) is 10.7 Å². The summed E-state index contributed by atoms with van der Waals surface area (Å²) in [7, 11) is 0. The molecule has 0 unspecified atom stereocenters. The van der Waals surface area contributed by atoms with Gasteiger partial charge in [0.25, 0.3) is 11.8 Å². The standard InChI is InChI=1S/C22H16Cl2N2O2S/c1-12-8-13(2)10-14(9-12)25-20-19(18-4-3-7-29-18)21(27)26(22(20)28)15-5-6-16(23)17(24)11-15/h3-11,25H,1-2H3. The molecule has 0 atom stereocenters. The summed E-state index contributed by atoms with van der Waals surface area (Å²) in [4.78, 5) is 28.4. The molecule has 0 spiro atoms. The van der Waals surface area contributed by atoms with Crippen LogP contribution < -0.4 is 10.2 Å². The predicted octanol–water partition coefficient (Wildman–Crippen LogP) is 6.07. The number of hydrogen-bond acceptors (Lipinski definition) is 4. The number of thiophene rings is 1. The summed E-state index contributed by atoms with van der Waals surface area (Å²) < 4.78 is 0. The van der Waals surface area contributed by atoms with Crippen LogP contribution in [-0.2, 0) is 9.59 Å². The van der Waals surface area contributed by atoms with E-state index in [4.69, 9.17) is 23.2 Å². The summed E-state index contributed by atoms with van der Waals surface area (Å²) in [6.45, 7) is 3.97. The van der Waals surface area contributed by atoms with Gasteiger partial charge in [0, 0.05) is 10.6 Å². The lowest BCUT2D eigenvalue weighted by molar-refractivity contribution is -0.120. The van der Waals surface area contributed by atoms with Gasteiger partial charge in [0.15, 0.2) is 0 Å². The zero-order chi connectivity index (χ0) is 20.7. The predicted molar refractivity (Wildman–Crippen MR) is 120 cm³/mol. The van der Waals surface area contributed by atoms with E-state index in [0.717, 1.165) is 26.6 Å². The summed E-state index contributed by atoms with van der Waals surface area (Å²) in [5.41, 5.74) is 3.83. The molecule has 2 heterocycles. The minimum Gasteiger partial charge on any atom is -0.350 e. The highest BCUT2D eigenvalue weighted by molar-refractivity contribution is 7.11. The van der Waals surface area contributed by atoms with E-state index in [9.17, 15) is 9.59 Å². The first-order valence-electron chi connectivity index (χ1n) is 8.82. The lowest BCUT2D eigenvalue weighted by atomic mass is 10.1. The molecule has 0 saturated carbocycles.